The summed E-state index contributed by atoms with van der Waals surface area (Å²) >= 11 is 1.86. The van der Waals surface area contributed by atoms with E-state index >= 15 is 0 Å². The quantitative estimate of drug-likeness (QED) is 0.844. The molecule has 4 heteroatoms. The van der Waals surface area contributed by atoms with Crippen LogP contribution in [0.1, 0.15) is 40.8 Å². The first-order chi connectivity index (χ1) is 8.75. The largest absolute Gasteiger partial charge is 0.361 e. The van der Waals surface area contributed by atoms with Crippen LogP contribution >= 0.6 is 11.3 Å². The van der Waals surface area contributed by atoms with E-state index in [1.54, 1.807) is 0 Å². The maximum Gasteiger partial charge on any atom is 0.138 e. The topological polar surface area (TPSA) is 29.3 Å². The normalized spacial score (nSPS) is 20.7. The fourth-order valence-corrected chi connectivity index (χ4v) is 3.64. The van der Waals surface area contributed by atoms with Crippen molar-refractivity contribution in [2.45, 2.75) is 39.3 Å². The summed E-state index contributed by atoms with van der Waals surface area (Å²) in [6, 6.07) is 4.98. The third kappa shape index (κ3) is 2.10. The van der Waals surface area contributed by atoms with Gasteiger partial charge in [-0.3, -0.25) is 4.90 Å². The minimum atomic E-state index is 0.582. The monoisotopic (exact) mass is 262 g/mol. The average molecular weight is 262 g/mol. The highest BCUT2D eigenvalue weighted by molar-refractivity contribution is 7.10. The predicted molar refractivity (Wildman–Crippen MR) is 72.7 cm³/mol. The van der Waals surface area contributed by atoms with Gasteiger partial charge in [-0.1, -0.05) is 11.2 Å². The van der Waals surface area contributed by atoms with Crippen LogP contribution in [0, 0.1) is 13.8 Å². The van der Waals surface area contributed by atoms with Crippen molar-refractivity contribution in [3.05, 3.63) is 39.4 Å². The van der Waals surface area contributed by atoms with Gasteiger partial charge >= 0.3 is 0 Å². The highest BCUT2D eigenvalue weighted by Gasteiger charge is 2.28. The third-order valence-corrected chi connectivity index (χ3v) is 4.75. The molecule has 3 heterocycles. The molecule has 1 atom stereocenters. The zero-order chi connectivity index (χ0) is 12.5. The van der Waals surface area contributed by atoms with Gasteiger partial charge in [0.2, 0.25) is 0 Å². The highest BCUT2D eigenvalue weighted by atomic mass is 32.1. The summed E-state index contributed by atoms with van der Waals surface area (Å²) in [5, 5.41) is 6.22. The second kappa shape index (κ2) is 4.86. The molecular weight excluding hydrogens is 244 g/mol. The summed E-state index contributed by atoms with van der Waals surface area (Å²) < 4.78 is 5.26. The number of nitrogens with zero attached hydrogens (tertiary/aromatic N) is 2. The molecule has 1 aliphatic rings. The Bertz CT molecular complexity index is 498. The lowest BCUT2D eigenvalue weighted by Crippen LogP contribution is -2.22. The molecule has 0 aliphatic carbocycles. The Morgan fingerprint density at radius 2 is 2.39 bits per heavy atom. The molecule has 3 rings (SSSR count). The van der Waals surface area contributed by atoms with Crippen molar-refractivity contribution in [1.82, 2.24) is 10.1 Å². The van der Waals surface area contributed by atoms with Gasteiger partial charge in [-0.15, -0.1) is 11.3 Å². The summed E-state index contributed by atoms with van der Waals surface area (Å²) in [6.07, 6.45) is 2.55. The van der Waals surface area contributed by atoms with E-state index in [2.05, 4.69) is 27.6 Å². The van der Waals surface area contributed by atoms with Crippen molar-refractivity contribution >= 4 is 11.3 Å². The van der Waals surface area contributed by atoms with E-state index in [1.165, 1.54) is 29.8 Å². The first kappa shape index (κ1) is 11.9. The Morgan fingerprint density at radius 3 is 3.06 bits per heavy atom. The van der Waals surface area contributed by atoms with Crippen LogP contribution in [0.2, 0.25) is 0 Å². The summed E-state index contributed by atoms with van der Waals surface area (Å²) in [6.45, 7) is 6.17. The van der Waals surface area contributed by atoms with Crippen LogP contribution in [0.25, 0.3) is 0 Å². The average Bonchev–Trinajstić information content (AvgIpc) is 3.06. The van der Waals surface area contributed by atoms with Crippen LogP contribution in [0.4, 0.5) is 0 Å². The maximum absolute atomic E-state index is 5.26. The number of aryl methyl sites for hydroxylation is 2. The van der Waals surface area contributed by atoms with Gasteiger partial charge < -0.3 is 4.52 Å². The Morgan fingerprint density at radius 1 is 1.50 bits per heavy atom. The fourth-order valence-electron chi connectivity index (χ4n) is 2.75. The lowest BCUT2D eigenvalue weighted by molar-refractivity contribution is 0.249. The van der Waals surface area contributed by atoms with Gasteiger partial charge in [0.25, 0.3) is 0 Å². The molecule has 0 spiro atoms. The lowest BCUT2D eigenvalue weighted by Gasteiger charge is -2.23. The first-order valence-electron chi connectivity index (χ1n) is 6.45. The second-order valence-corrected chi connectivity index (χ2v) is 5.93. The summed E-state index contributed by atoms with van der Waals surface area (Å²) in [7, 11) is 0. The standard InChI is InChI=1S/C14H18N2OS/c1-10-12(11(2)17-15-10)9-16-7-3-5-13(16)14-6-4-8-18-14/h4,6,8,13H,3,5,7,9H2,1-2H3/t13-/m1/s1. The number of hydrogen-bond acceptors (Lipinski definition) is 4. The molecule has 0 amide bonds. The molecule has 0 N–H and O–H groups in total. The minimum Gasteiger partial charge on any atom is -0.361 e. The molecule has 1 fully saturated rings. The van der Waals surface area contributed by atoms with E-state index in [4.69, 9.17) is 4.52 Å². The molecule has 0 radical (unpaired) electrons. The SMILES string of the molecule is Cc1noc(C)c1CN1CCC[C@@H]1c1cccs1. The predicted octanol–water partition coefficient (Wildman–Crippen LogP) is 3.69. The molecule has 2 aromatic heterocycles. The summed E-state index contributed by atoms with van der Waals surface area (Å²) in [5.74, 6) is 0.962. The van der Waals surface area contributed by atoms with Crippen molar-refractivity contribution in [2.75, 3.05) is 6.54 Å². The molecule has 1 aliphatic heterocycles. The van der Waals surface area contributed by atoms with E-state index in [1.807, 2.05) is 25.2 Å². The van der Waals surface area contributed by atoms with E-state index in [0.29, 0.717) is 6.04 Å². The molecule has 3 nitrogen and oxygen atoms in total. The van der Waals surface area contributed by atoms with Crippen LogP contribution in [0.15, 0.2) is 22.0 Å². The smallest absolute Gasteiger partial charge is 0.138 e. The maximum atomic E-state index is 5.26. The number of rotatable bonds is 3. The Hall–Kier alpha value is -1.13. The zero-order valence-corrected chi connectivity index (χ0v) is 11.7. The molecule has 0 saturated carbocycles. The molecular formula is C14H18N2OS. The highest BCUT2D eigenvalue weighted by Crippen LogP contribution is 2.36. The Balaban J connectivity index is 1.80. The minimum absolute atomic E-state index is 0.582. The van der Waals surface area contributed by atoms with E-state index < -0.39 is 0 Å². The van der Waals surface area contributed by atoms with Gasteiger partial charge in [0.15, 0.2) is 0 Å². The van der Waals surface area contributed by atoms with Crippen LogP contribution in [-0.4, -0.2) is 16.6 Å². The Kier molecular flexibility index (Phi) is 3.22. The molecule has 2 aromatic rings. The van der Waals surface area contributed by atoms with Gasteiger partial charge in [0.05, 0.1) is 5.69 Å². The van der Waals surface area contributed by atoms with Gasteiger partial charge in [0, 0.05) is 23.0 Å². The molecule has 0 aromatic carbocycles. The molecule has 1 saturated heterocycles. The van der Waals surface area contributed by atoms with Gasteiger partial charge in [-0.2, -0.15) is 0 Å². The molecule has 0 bridgehead atoms. The number of hydrogen-bond donors (Lipinski definition) is 0. The Labute approximate surface area is 111 Å². The van der Waals surface area contributed by atoms with Gasteiger partial charge in [-0.05, 0) is 44.7 Å². The van der Waals surface area contributed by atoms with Crippen LogP contribution in [-0.2, 0) is 6.54 Å². The van der Waals surface area contributed by atoms with Crippen molar-refractivity contribution < 1.29 is 4.52 Å². The fraction of sp³-hybridized carbons (Fsp3) is 0.500. The van der Waals surface area contributed by atoms with Crippen LogP contribution in [0.5, 0.6) is 0 Å². The van der Waals surface area contributed by atoms with Crippen LogP contribution < -0.4 is 0 Å². The number of likely N-dealkylation sites (tertiary alicyclic amines) is 1. The van der Waals surface area contributed by atoms with Crippen molar-refractivity contribution in [1.29, 1.82) is 0 Å². The molecule has 96 valence electrons. The van der Waals surface area contributed by atoms with Gasteiger partial charge in [-0.25, -0.2) is 0 Å². The van der Waals surface area contributed by atoms with Crippen molar-refractivity contribution in [3.63, 3.8) is 0 Å². The van der Waals surface area contributed by atoms with Gasteiger partial charge in [0.1, 0.15) is 5.76 Å². The van der Waals surface area contributed by atoms with Crippen molar-refractivity contribution in [2.24, 2.45) is 0 Å². The third-order valence-electron chi connectivity index (χ3n) is 3.78. The molecule has 18 heavy (non-hydrogen) atoms. The zero-order valence-electron chi connectivity index (χ0n) is 10.8. The van der Waals surface area contributed by atoms with E-state index in [-0.39, 0.29) is 0 Å². The summed E-state index contributed by atoms with van der Waals surface area (Å²) in [5.41, 5.74) is 2.29. The lowest BCUT2D eigenvalue weighted by atomic mass is 10.1. The van der Waals surface area contributed by atoms with E-state index in [0.717, 1.165) is 18.0 Å². The van der Waals surface area contributed by atoms with Crippen molar-refractivity contribution in [3.8, 4) is 0 Å². The second-order valence-electron chi connectivity index (χ2n) is 4.95. The molecule has 0 unspecified atom stereocenters. The number of aromatic nitrogens is 1. The first-order valence-corrected chi connectivity index (χ1v) is 7.33. The van der Waals surface area contributed by atoms with E-state index in [9.17, 15) is 0 Å². The van der Waals surface area contributed by atoms with Crippen LogP contribution in [0.3, 0.4) is 0 Å². The summed E-state index contributed by atoms with van der Waals surface area (Å²) in [4.78, 5) is 4.04. The number of thiophene rings is 1.